The molecule has 5 nitrogen and oxygen atoms in total. The van der Waals surface area contributed by atoms with Crippen molar-refractivity contribution in [3.05, 3.63) is 74.8 Å². The van der Waals surface area contributed by atoms with Gasteiger partial charge in [-0.1, -0.05) is 6.07 Å². The molecule has 3 rings (SSSR count). The maximum absolute atomic E-state index is 14.1. The number of nitro benzene ring substituents is 1. The van der Waals surface area contributed by atoms with Crippen molar-refractivity contribution in [2.24, 2.45) is 0 Å². The van der Waals surface area contributed by atoms with E-state index in [1.54, 1.807) is 17.9 Å². The fraction of sp³-hybridized carbons (Fsp3) is 0.316. The highest BCUT2D eigenvalue weighted by Crippen LogP contribution is 2.36. The molecule has 1 atom stereocenters. The number of hydrogen-bond donors (Lipinski definition) is 0. The largest absolute Gasteiger partial charge is 0.338 e. The van der Waals surface area contributed by atoms with E-state index in [1.807, 2.05) is 0 Å². The topological polar surface area (TPSA) is 63.5 Å². The number of halogens is 2. The summed E-state index contributed by atoms with van der Waals surface area (Å²) in [6.45, 7) is 2.37. The van der Waals surface area contributed by atoms with Crippen LogP contribution in [-0.4, -0.2) is 34.6 Å². The molecule has 2 aromatic carbocycles. The highest BCUT2D eigenvalue weighted by Gasteiger charge is 2.27. The van der Waals surface area contributed by atoms with Crippen LogP contribution in [0, 0.1) is 28.7 Å². The van der Waals surface area contributed by atoms with Crippen molar-refractivity contribution in [1.29, 1.82) is 0 Å². The first-order chi connectivity index (χ1) is 12.9. The minimum Gasteiger partial charge on any atom is -0.338 e. The third-order valence-electron chi connectivity index (χ3n) is 4.67. The van der Waals surface area contributed by atoms with Crippen LogP contribution in [0.25, 0.3) is 0 Å². The zero-order chi connectivity index (χ0) is 19.6. The van der Waals surface area contributed by atoms with Crippen molar-refractivity contribution in [1.82, 2.24) is 4.90 Å². The van der Waals surface area contributed by atoms with Crippen molar-refractivity contribution < 1.29 is 18.5 Å². The number of nitrogens with zero attached hydrogens (tertiary/aromatic N) is 2. The van der Waals surface area contributed by atoms with Gasteiger partial charge in [0.2, 0.25) is 0 Å². The van der Waals surface area contributed by atoms with E-state index in [1.165, 1.54) is 30.0 Å². The van der Waals surface area contributed by atoms with Gasteiger partial charge in [-0.3, -0.25) is 14.9 Å². The molecule has 0 aliphatic carbocycles. The minimum absolute atomic E-state index is 0.0928. The number of carbonyl (C=O) groups is 1. The van der Waals surface area contributed by atoms with Gasteiger partial charge in [0.25, 0.3) is 11.6 Å². The summed E-state index contributed by atoms with van der Waals surface area (Å²) < 4.78 is 27.5. The van der Waals surface area contributed by atoms with Crippen molar-refractivity contribution in [2.45, 2.75) is 18.6 Å². The molecule has 0 bridgehead atoms. The number of carbonyl (C=O) groups excluding carboxylic acids is 1. The maximum Gasteiger partial charge on any atom is 0.273 e. The number of hydrogen-bond acceptors (Lipinski definition) is 4. The summed E-state index contributed by atoms with van der Waals surface area (Å²) in [6.07, 6.45) is 0.477. The molecule has 0 aromatic heterocycles. The lowest BCUT2D eigenvalue weighted by Crippen LogP contribution is -2.33. The van der Waals surface area contributed by atoms with Gasteiger partial charge in [-0.15, -0.1) is 0 Å². The molecule has 1 fully saturated rings. The maximum atomic E-state index is 14.1. The Morgan fingerprint density at radius 3 is 2.78 bits per heavy atom. The molecule has 1 amide bonds. The molecule has 1 aliphatic rings. The van der Waals surface area contributed by atoms with E-state index in [9.17, 15) is 23.7 Å². The second-order valence-corrected chi connectivity index (χ2v) is 7.62. The van der Waals surface area contributed by atoms with E-state index in [2.05, 4.69) is 0 Å². The second kappa shape index (κ2) is 8.04. The number of nitro groups is 1. The fourth-order valence-electron chi connectivity index (χ4n) is 3.21. The average molecular weight is 392 g/mol. The molecule has 1 unspecified atom stereocenters. The standard InChI is InChI=1S/C19H18F2N2O3S/c1-12-14(3-2-4-17(12)23(25)26)19(24)22-8-7-18(27-10-9-22)15-11-13(20)5-6-16(15)21/h2-6,11,18H,7-10H2,1H3. The summed E-state index contributed by atoms with van der Waals surface area (Å²) in [5, 5.41) is 10.9. The number of benzene rings is 2. The van der Waals surface area contributed by atoms with Crippen molar-refractivity contribution >= 4 is 23.4 Å². The molecule has 27 heavy (non-hydrogen) atoms. The molecule has 2 aromatic rings. The monoisotopic (exact) mass is 392 g/mol. The Morgan fingerprint density at radius 2 is 2.04 bits per heavy atom. The lowest BCUT2D eigenvalue weighted by atomic mass is 10.0. The summed E-state index contributed by atoms with van der Waals surface area (Å²) >= 11 is 1.48. The van der Waals surface area contributed by atoms with E-state index in [0.717, 1.165) is 12.1 Å². The van der Waals surface area contributed by atoms with Crippen LogP contribution < -0.4 is 0 Å². The van der Waals surface area contributed by atoms with E-state index in [4.69, 9.17) is 0 Å². The van der Waals surface area contributed by atoms with E-state index < -0.39 is 16.6 Å². The second-order valence-electron chi connectivity index (χ2n) is 6.31. The Kier molecular flexibility index (Phi) is 5.74. The lowest BCUT2D eigenvalue weighted by Gasteiger charge is -2.21. The summed E-state index contributed by atoms with van der Waals surface area (Å²) in [7, 11) is 0. The average Bonchev–Trinajstić information content (AvgIpc) is 2.89. The summed E-state index contributed by atoms with van der Waals surface area (Å²) in [5.41, 5.74) is 0.840. The van der Waals surface area contributed by atoms with E-state index >= 15 is 0 Å². The van der Waals surface area contributed by atoms with Crippen LogP contribution in [0.1, 0.15) is 33.2 Å². The van der Waals surface area contributed by atoms with Crippen LogP contribution >= 0.6 is 11.8 Å². The Bertz CT molecular complexity index is 891. The Hall–Kier alpha value is -2.48. The zero-order valence-electron chi connectivity index (χ0n) is 14.7. The van der Waals surface area contributed by atoms with Gasteiger partial charge in [-0.25, -0.2) is 8.78 Å². The molecular formula is C19H18F2N2O3S. The van der Waals surface area contributed by atoms with Crippen molar-refractivity contribution in [3.8, 4) is 0 Å². The quantitative estimate of drug-likeness (QED) is 0.570. The third kappa shape index (κ3) is 4.10. The molecule has 1 saturated heterocycles. The first-order valence-electron chi connectivity index (χ1n) is 8.48. The molecule has 0 radical (unpaired) electrons. The number of amides is 1. The fourth-order valence-corrected chi connectivity index (χ4v) is 4.45. The highest BCUT2D eigenvalue weighted by atomic mass is 32.2. The molecule has 0 saturated carbocycles. The van der Waals surface area contributed by atoms with Crippen LogP contribution in [0.3, 0.4) is 0 Å². The van der Waals surface area contributed by atoms with Gasteiger partial charge in [0.1, 0.15) is 11.6 Å². The molecule has 1 aliphatic heterocycles. The first kappa shape index (κ1) is 19.3. The van der Waals surface area contributed by atoms with Gasteiger partial charge in [-0.05, 0) is 37.6 Å². The summed E-state index contributed by atoms with van der Waals surface area (Å²) in [4.78, 5) is 25.1. The molecule has 8 heteroatoms. The van der Waals surface area contributed by atoms with Crippen LogP contribution in [0.2, 0.25) is 0 Å². The Morgan fingerprint density at radius 1 is 1.26 bits per heavy atom. The first-order valence-corrected chi connectivity index (χ1v) is 9.53. The number of thioether (sulfide) groups is 1. The van der Waals surface area contributed by atoms with Gasteiger partial charge in [0.15, 0.2) is 0 Å². The van der Waals surface area contributed by atoms with E-state index in [-0.39, 0.29) is 16.8 Å². The van der Waals surface area contributed by atoms with Crippen molar-refractivity contribution in [2.75, 3.05) is 18.8 Å². The predicted molar refractivity (Wildman–Crippen MR) is 99.9 cm³/mol. The Labute approximate surface area is 159 Å². The van der Waals surface area contributed by atoms with Crippen molar-refractivity contribution in [3.63, 3.8) is 0 Å². The van der Waals surface area contributed by atoms with Gasteiger partial charge < -0.3 is 4.90 Å². The Balaban J connectivity index is 1.78. The van der Waals surface area contributed by atoms with Gasteiger partial charge in [0, 0.05) is 46.8 Å². The van der Waals surface area contributed by atoms with E-state index in [0.29, 0.717) is 42.0 Å². The van der Waals surface area contributed by atoms with Crippen LogP contribution in [0.4, 0.5) is 14.5 Å². The van der Waals surface area contributed by atoms with Gasteiger partial charge >= 0.3 is 0 Å². The number of rotatable bonds is 3. The molecular weight excluding hydrogens is 374 g/mol. The summed E-state index contributed by atoms with van der Waals surface area (Å²) in [5.74, 6) is -0.655. The predicted octanol–water partition coefficient (Wildman–Crippen LogP) is 4.50. The molecule has 0 spiro atoms. The van der Waals surface area contributed by atoms with Gasteiger partial charge in [-0.2, -0.15) is 11.8 Å². The minimum atomic E-state index is -0.507. The molecule has 0 N–H and O–H groups in total. The zero-order valence-corrected chi connectivity index (χ0v) is 15.5. The normalized spacial score (nSPS) is 17.4. The third-order valence-corrected chi connectivity index (χ3v) is 5.98. The van der Waals surface area contributed by atoms with Gasteiger partial charge in [0.05, 0.1) is 4.92 Å². The summed E-state index contributed by atoms with van der Waals surface area (Å²) in [6, 6.07) is 7.84. The lowest BCUT2D eigenvalue weighted by molar-refractivity contribution is -0.385. The van der Waals surface area contributed by atoms with Crippen LogP contribution in [0.15, 0.2) is 36.4 Å². The smallest absolute Gasteiger partial charge is 0.273 e. The SMILES string of the molecule is Cc1c(C(=O)N2CCSC(c3cc(F)ccc3F)CC2)cccc1[N+](=O)[O-]. The molecule has 142 valence electrons. The highest BCUT2D eigenvalue weighted by molar-refractivity contribution is 7.99. The van der Waals surface area contributed by atoms with Crippen LogP contribution in [-0.2, 0) is 0 Å². The molecule has 1 heterocycles. The van der Waals surface area contributed by atoms with Crippen LogP contribution in [0.5, 0.6) is 0 Å².